The molecule has 0 atom stereocenters. The van der Waals surface area contributed by atoms with E-state index in [2.05, 4.69) is 25.6 Å². The maximum atomic E-state index is 13.1. The summed E-state index contributed by atoms with van der Waals surface area (Å²) in [6.45, 7) is 0. The van der Waals surface area contributed by atoms with Crippen molar-refractivity contribution in [2.24, 2.45) is 0 Å². The molecule has 0 aliphatic rings. The first-order chi connectivity index (χ1) is 11.6. The van der Waals surface area contributed by atoms with Gasteiger partial charge in [-0.3, -0.25) is 4.79 Å². The number of nitrogens with zero attached hydrogens (tertiary/aromatic N) is 3. The number of aromatic nitrogens is 3. The molecule has 1 aromatic carbocycles. The van der Waals surface area contributed by atoms with Gasteiger partial charge in [-0.05, 0) is 18.2 Å². The highest BCUT2D eigenvalue weighted by Crippen LogP contribution is 2.19. The van der Waals surface area contributed by atoms with E-state index in [1.807, 2.05) is 0 Å². The quantitative estimate of drug-likeness (QED) is 0.741. The molecule has 1 amide bonds. The highest BCUT2D eigenvalue weighted by molar-refractivity contribution is 7.13. The maximum absolute atomic E-state index is 13.1. The van der Waals surface area contributed by atoms with E-state index in [-0.39, 0.29) is 18.0 Å². The Hall–Kier alpha value is -2.94. The SMILES string of the molecule is O=C(Cc1csc(Nc2ncccn2)n1)Nc1ccc(F)c(F)c1. The van der Waals surface area contributed by atoms with Crippen LogP contribution in [0.5, 0.6) is 0 Å². The Kier molecular flexibility index (Phi) is 4.71. The maximum Gasteiger partial charge on any atom is 0.230 e. The molecule has 3 aromatic rings. The Labute approximate surface area is 139 Å². The molecule has 0 aliphatic carbocycles. The molecule has 0 saturated carbocycles. The Morgan fingerprint density at radius 3 is 2.71 bits per heavy atom. The van der Waals surface area contributed by atoms with Gasteiger partial charge < -0.3 is 10.6 Å². The minimum atomic E-state index is -1.02. The third kappa shape index (κ3) is 4.07. The fraction of sp³-hybridized carbons (Fsp3) is 0.0667. The lowest BCUT2D eigenvalue weighted by Gasteiger charge is -2.04. The molecule has 2 N–H and O–H groups in total. The van der Waals surface area contributed by atoms with Gasteiger partial charge in [0, 0.05) is 29.5 Å². The van der Waals surface area contributed by atoms with E-state index >= 15 is 0 Å². The van der Waals surface area contributed by atoms with Crippen molar-refractivity contribution in [2.75, 3.05) is 10.6 Å². The third-order valence-corrected chi connectivity index (χ3v) is 3.69. The molecule has 2 heterocycles. The van der Waals surface area contributed by atoms with Crippen molar-refractivity contribution in [3.63, 3.8) is 0 Å². The average molecular weight is 347 g/mol. The van der Waals surface area contributed by atoms with Gasteiger partial charge in [-0.2, -0.15) is 0 Å². The van der Waals surface area contributed by atoms with Crippen molar-refractivity contribution in [2.45, 2.75) is 6.42 Å². The fourth-order valence-corrected chi connectivity index (χ4v) is 2.55. The van der Waals surface area contributed by atoms with E-state index in [1.165, 1.54) is 17.4 Å². The lowest BCUT2D eigenvalue weighted by Crippen LogP contribution is -2.14. The van der Waals surface area contributed by atoms with Gasteiger partial charge >= 0.3 is 0 Å². The van der Waals surface area contributed by atoms with Crippen molar-refractivity contribution in [1.82, 2.24) is 15.0 Å². The molecule has 122 valence electrons. The average Bonchev–Trinajstić information content (AvgIpc) is 2.99. The number of hydrogen-bond acceptors (Lipinski definition) is 6. The summed E-state index contributed by atoms with van der Waals surface area (Å²) in [6.07, 6.45) is 3.20. The molecule has 2 aromatic heterocycles. The van der Waals surface area contributed by atoms with Gasteiger partial charge in [-0.1, -0.05) is 0 Å². The second-order valence-electron chi connectivity index (χ2n) is 4.70. The largest absolute Gasteiger partial charge is 0.326 e. The van der Waals surface area contributed by atoms with E-state index in [0.717, 1.165) is 12.1 Å². The topological polar surface area (TPSA) is 79.8 Å². The summed E-state index contributed by atoms with van der Waals surface area (Å²) in [4.78, 5) is 24.2. The van der Waals surface area contributed by atoms with Crippen LogP contribution in [0.25, 0.3) is 0 Å². The lowest BCUT2D eigenvalue weighted by molar-refractivity contribution is -0.115. The Bertz CT molecular complexity index is 856. The van der Waals surface area contributed by atoms with E-state index in [0.29, 0.717) is 16.8 Å². The third-order valence-electron chi connectivity index (χ3n) is 2.88. The van der Waals surface area contributed by atoms with Crippen LogP contribution in [0.1, 0.15) is 5.69 Å². The number of nitrogens with one attached hydrogen (secondary N) is 2. The van der Waals surface area contributed by atoms with Crippen LogP contribution in [-0.2, 0) is 11.2 Å². The zero-order chi connectivity index (χ0) is 16.9. The Balaban J connectivity index is 1.59. The molecule has 9 heteroatoms. The molecule has 0 unspecified atom stereocenters. The van der Waals surface area contributed by atoms with Crippen molar-refractivity contribution in [1.29, 1.82) is 0 Å². The first-order valence-corrected chi connectivity index (χ1v) is 7.71. The lowest BCUT2D eigenvalue weighted by atomic mass is 10.2. The van der Waals surface area contributed by atoms with Crippen LogP contribution in [0.15, 0.2) is 42.0 Å². The number of amides is 1. The van der Waals surface area contributed by atoms with Crippen LogP contribution in [0.2, 0.25) is 0 Å². The molecular formula is C15H11F2N5OS. The predicted molar refractivity (Wildman–Crippen MR) is 86.1 cm³/mol. The summed E-state index contributed by atoms with van der Waals surface area (Å²) in [5.74, 6) is -1.96. The monoisotopic (exact) mass is 347 g/mol. The standard InChI is InChI=1S/C15H11F2N5OS/c16-11-3-2-9(6-12(11)17)20-13(23)7-10-8-24-15(21-10)22-14-18-4-1-5-19-14/h1-6,8H,7H2,(H,20,23)(H,18,19,21,22). The Morgan fingerprint density at radius 2 is 1.96 bits per heavy atom. The van der Waals surface area contributed by atoms with Crippen LogP contribution in [0.3, 0.4) is 0 Å². The molecule has 0 radical (unpaired) electrons. The minimum Gasteiger partial charge on any atom is -0.326 e. The molecule has 0 saturated heterocycles. The Morgan fingerprint density at radius 1 is 1.17 bits per heavy atom. The zero-order valence-corrected chi connectivity index (χ0v) is 13.0. The van der Waals surface area contributed by atoms with Crippen LogP contribution in [0.4, 0.5) is 25.5 Å². The van der Waals surface area contributed by atoms with Crippen molar-refractivity contribution in [3.8, 4) is 0 Å². The van der Waals surface area contributed by atoms with Crippen LogP contribution >= 0.6 is 11.3 Å². The first kappa shape index (κ1) is 15.9. The van der Waals surface area contributed by atoms with Gasteiger partial charge in [-0.25, -0.2) is 23.7 Å². The van der Waals surface area contributed by atoms with Gasteiger partial charge in [0.05, 0.1) is 12.1 Å². The molecule has 0 bridgehead atoms. The number of anilines is 3. The summed E-state index contributed by atoms with van der Waals surface area (Å²) >= 11 is 1.31. The van der Waals surface area contributed by atoms with Gasteiger partial charge in [0.15, 0.2) is 16.8 Å². The highest BCUT2D eigenvalue weighted by atomic mass is 32.1. The fourth-order valence-electron chi connectivity index (χ4n) is 1.85. The number of hydrogen-bond donors (Lipinski definition) is 2. The van der Waals surface area contributed by atoms with E-state index in [1.54, 1.807) is 23.8 Å². The number of thiazole rings is 1. The summed E-state index contributed by atoms with van der Waals surface area (Å²) in [6, 6.07) is 4.86. The summed E-state index contributed by atoms with van der Waals surface area (Å²) in [7, 11) is 0. The van der Waals surface area contributed by atoms with Crippen LogP contribution in [0, 0.1) is 11.6 Å². The molecular weight excluding hydrogens is 336 g/mol. The number of rotatable bonds is 5. The van der Waals surface area contributed by atoms with Crippen LogP contribution in [-0.4, -0.2) is 20.9 Å². The number of carbonyl (C=O) groups excluding carboxylic acids is 1. The molecule has 0 aliphatic heterocycles. The van der Waals surface area contributed by atoms with E-state index in [4.69, 9.17) is 0 Å². The zero-order valence-electron chi connectivity index (χ0n) is 12.2. The van der Waals surface area contributed by atoms with Gasteiger partial charge in [0.25, 0.3) is 0 Å². The highest BCUT2D eigenvalue weighted by Gasteiger charge is 2.10. The molecule has 6 nitrogen and oxygen atoms in total. The van der Waals surface area contributed by atoms with Crippen molar-refractivity contribution in [3.05, 3.63) is 59.4 Å². The van der Waals surface area contributed by atoms with Crippen molar-refractivity contribution < 1.29 is 13.6 Å². The summed E-state index contributed by atoms with van der Waals surface area (Å²) < 4.78 is 26.0. The predicted octanol–water partition coefficient (Wildman–Crippen LogP) is 3.14. The minimum absolute atomic E-state index is 0.00677. The molecule has 0 spiro atoms. The first-order valence-electron chi connectivity index (χ1n) is 6.83. The number of carbonyl (C=O) groups is 1. The van der Waals surface area contributed by atoms with Gasteiger partial charge in [-0.15, -0.1) is 11.3 Å². The van der Waals surface area contributed by atoms with Crippen LogP contribution < -0.4 is 10.6 Å². The van der Waals surface area contributed by atoms with E-state index < -0.39 is 11.6 Å². The van der Waals surface area contributed by atoms with Gasteiger partial charge in [0.1, 0.15) is 0 Å². The molecule has 3 rings (SSSR count). The molecule has 0 fully saturated rings. The smallest absolute Gasteiger partial charge is 0.230 e. The van der Waals surface area contributed by atoms with Gasteiger partial charge in [0.2, 0.25) is 11.9 Å². The second kappa shape index (κ2) is 7.09. The normalized spacial score (nSPS) is 10.4. The molecule has 24 heavy (non-hydrogen) atoms. The van der Waals surface area contributed by atoms with Crippen molar-refractivity contribution >= 4 is 34.0 Å². The number of benzene rings is 1. The second-order valence-corrected chi connectivity index (χ2v) is 5.55. The summed E-state index contributed by atoms with van der Waals surface area (Å²) in [5.41, 5.74) is 0.726. The number of halogens is 2. The van der Waals surface area contributed by atoms with E-state index in [9.17, 15) is 13.6 Å². The summed E-state index contributed by atoms with van der Waals surface area (Å²) in [5, 5.41) is 7.69.